The third kappa shape index (κ3) is 5.81. The van der Waals surface area contributed by atoms with Gasteiger partial charge in [-0.25, -0.2) is 13.4 Å². The number of imidazole rings is 1. The number of halogens is 1. The van der Waals surface area contributed by atoms with E-state index in [1.165, 1.54) is 23.9 Å². The zero-order valence-electron chi connectivity index (χ0n) is 17.1. The van der Waals surface area contributed by atoms with E-state index in [-0.39, 0.29) is 16.6 Å². The van der Waals surface area contributed by atoms with Crippen LogP contribution in [-0.2, 0) is 14.8 Å². The Kier molecular flexibility index (Phi) is 7.02. The monoisotopic (exact) mass is 491 g/mol. The van der Waals surface area contributed by atoms with Crippen molar-refractivity contribution in [2.45, 2.75) is 35.7 Å². The number of H-pyrrole nitrogens is 1. The van der Waals surface area contributed by atoms with Gasteiger partial charge in [0.05, 0.1) is 21.7 Å². The van der Waals surface area contributed by atoms with E-state index in [0.29, 0.717) is 34.7 Å². The summed E-state index contributed by atoms with van der Waals surface area (Å²) in [5, 5.41) is 3.94. The Bertz CT molecular complexity index is 1270. The molecule has 1 aliphatic heterocycles. The number of aromatic nitrogens is 2. The van der Waals surface area contributed by atoms with Crippen LogP contribution in [0.4, 0.5) is 5.69 Å². The molecule has 4 rings (SSSR count). The van der Waals surface area contributed by atoms with Crippen LogP contribution in [0.15, 0.2) is 57.5 Å². The number of carbonyl (C=O) groups is 1. The fourth-order valence-electron chi connectivity index (χ4n) is 3.27. The molecule has 3 aromatic rings. The number of benzene rings is 2. The molecule has 0 fully saturated rings. The van der Waals surface area contributed by atoms with Crippen molar-refractivity contribution in [3.8, 4) is 0 Å². The van der Waals surface area contributed by atoms with Gasteiger partial charge in [0, 0.05) is 23.7 Å². The molecule has 1 aromatic heterocycles. The second-order valence-electron chi connectivity index (χ2n) is 7.31. The second-order valence-corrected chi connectivity index (χ2v) is 10.4. The molecule has 0 spiro atoms. The van der Waals surface area contributed by atoms with E-state index >= 15 is 0 Å². The molecule has 0 saturated heterocycles. The first-order valence-corrected chi connectivity index (χ1v) is 13.0. The highest BCUT2D eigenvalue weighted by atomic mass is 35.5. The van der Waals surface area contributed by atoms with Crippen LogP contribution in [0.2, 0.25) is 5.02 Å². The number of anilines is 1. The van der Waals surface area contributed by atoms with Crippen molar-refractivity contribution in [1.29, 1.82) is 0 Å². The number of hydrogen-bond acceptors (Lipinski definition) is 6. The summed E-state index contributed by atoms with van der Waals surface area (Å²) >= 11 is 7.23. The quantitative estimate of drug-likeness (QED) is 0.447. The van der Waals surface area contributed by atoms with E-state index in [0.717, 1.165) is 30.3 Å². The van der Waals surface area contributed by atoms with Crippen LogP contribution in [0.5, 0.6) is 0 Å². The predicted molar refractivity (Wildman–Crippen MR) is 128 cm³/mol. The van der Waals surface area contributed by atoms with Gasteiger partial charge in [0.2, 0.25) is 5.91 Å². The number of thioether (sulfide) groups is 1. The summed E-state index contributed by atoms with van der Waals surface area (Å²) in [5.74, 6) is 0.323. The van der Waals surface area contributed by atoms with Crippen LogP contribution in [-0.4, -0.2) is 42.4 Å². The Labute approximate surface area is 195 Å². The van der Waals surface area contributed by atoms with E-state index in [1.54, 1.807) is 30.3 Å². The Balaban J connectivity index is 1.38. The van der Waals surface area contributed by atoms with E-state index in [9.17, 15) is 13.2 Å². The number of aromatic amines is 1. The molecule has 3 N–H and O–H groups in total. The Morgan fingerprint density at radius 3 is 2.91 bits per heavy atom. The Hall–Kier alpha value is -2.56. The minimum Gasteiger partial charge on any atom is -0.333 e. The molecule has 1 aliphatic rings. The van der Waals surface area contributed by atoms with Gasteiger partial charge in [-0.15, -0.1) is 0 Å². The third-order valence-electron chi connectivity index (χ3n) is 4.82. The second kappa shape index (κ2) is 9.93. The van der Waals surface area contributed by atoms with Crippen molar-refractivity contribution in [1.82, 2.24) is 14.7 Å². The van der Waals surface area contributed by atoms with Crippen molar-refractivity contribution in [2.75, 3.05) is 17.6 Å². The number of aliphatic imine (C=N–C) groups is 1. The molecule has 0 aliphatic carbocycles. The number of carbonyl (C=O) groups excluding carboxylic acids is 1. The van der Waals surface area contributed by atoms with Gasteiger partial charge in [-0.2, -0.15) is 0 Å². The molecular formula is C21H22ClN5O3S2. The zero-order valence-corrected chi connectivity index (χ0v) is 19.5. The van der Waals surface area contributed by atoms with Gasteiger partial charge in [-0.05, 0) is 49.2 Å². The summed E-state index contributed by atoms with van der Waals surface area (Å²) < 4.78 is 28.1. The number of fused-ring (bicyclic) bond motifs is 1. The molecule has 0 unspecified atom stereocenters. The molecule has 0 atom stereocenters. The normalized spacial score (nSPS) is 14.6. The standard InChI is InChI=1S/C21H22ClN5O3S2/c22-14-8-9-17-18(11-14)26-21(25-17)31-13-20(28)24-15-5-4-6-16(12-15)32(29,30)27-19-7-2-1-3-10-23-19/h4-6,8-9,11-12H,1-3,7,10,13H2,(H,23,27)(H,24,28)(H,25,26). The Morgan fingerprint density at radius 2 is 2.03 bits per heavy atom. The van der Waals surface area contributed by atoms with Gasteiger partial charge in [-0.1, -0.05) is 35.9 Å². The lowest BCUT2D eigenvalue weighted by atomic mass is 10.2. The fraction of sp³-hybridized carbons (Fsp3) is 0.286. The lowest BCUT2D eigenvalue weighted by Gasteiger charge is -2.11. The smallest absolute Gasteiger partial charge is 0.262 e. The molecule has 0 saturated carbocycles. The molecule has 0 bridgehead atoms. The highest BCUT2D eigenvalue weighted by molar-refractivity contribution is 7.99. The highest BCUT2D eigenvalue weighted by Crippen LogP contribution is 2.23. The minimum absolute atomic E-state index is 0.0732. The van der Waals surface area contributed by atoms with Crippen molar-refractivity contribution in [3.63, 3.8) is 0 Å². The molecule has 2 aromatic carbocycles. The molecule has 2 heterocycles. The summed E-state index contributed by atoms with van der Waals surface area (Å²) in [5.41, 5.74) is 1.96. The maximum Gasteiger partial charge on any atom is 0.262 e. The van der Waals surface area contributed by atoms with E-state index in [4.69, 9.17) is 11.6 Å². The van der Waals surface area contributed by atoms with Crippen LogP contribution in [0, 0.1) is 0 Å². The largest absolute Gasteiger partial charge is 0.333 e. The van der Waals surface area contributed by atoms with Crippen LogP contribution in [0.25, 0.3) is 11.0 Å². The molecule has 8 nitrogen and oxygen atoms in total. The lowest BCUT2D eigenvalue weighted by Crippen LogP contribution is -2.30. The van der Waals surface area contributed by atoms with Crippen molar-refractivity contribution in [2.24, 2.45) is 4.99 Å². The SMILES string of the molecule is O=C(CSc1nc2ccc(Cl)cc2[nH]1)Nc1cccc(S(=O)(=O)NC2=NCCCCC2)c1. The van der Waals surface area contributed by atoms with Crippen LogP contribution in [0.1, 0.15) is 25.7 Å². The lowest BCUT2D eigenvalue weighted by molar-refractivity contribution is -0.113. The summed E-state index contributed by atoms with van der Waals surface area (Å²) in [6, 6.07) is 11.5. The van der Waals surface area contributed by atoms with E-state index < -0.39 is 10.0 Å². The van der Waals surface area contributed by atoms with Gasteiger partial charge in [0.1, 0.15) is 5.84 Å². The van der Waals surface area contributed by atoms with Gasteiger partial charge < -0.3 is 10.3 Å². The maximum absolute atomic E-state index is 12.7. The minimum atomic E-state index is -3.77. The van der Waals surface area contributed by atoms with E-state index in [2.05, 4.69) is 25.0 Å². The third-order valence-corrected chi connectivity index (χ3v) is 7.30. The van der Waals surface area contributed by atoms with Crippen molar-refractivity contribution in [3.05, 3.63) is 47.5 Å². The molecule has 168 valence electrons. The summed E-state index contributed by atoms with van der Waals surface area (Å²) in [4.78, 5) is 24.3. The van der Waals surface area contributed by atoms with Gasteiger partial charge in [0.15, 0.2) is 5.16 Å². The van der Waals surface area contributed by atoms with Crippen molar-refractivity contribution < 1.29 is 13.2 Å². The number of hydrogen-bond donors (Lipinski definition) is 3. The van der Waals surface area contributed by atoms with Gasteiger partial charge in [0.25, 0.3) is 10.0 Å². The highest BCUT2D eigenvalue weighted by Gasteiger charge is 2.18. The molecule has 32 heavy (non-hydrogen) atoms. The topological polar surface area (TPSA) is 116 Å². The number of amides is 1. The number of nitrogens with one attached hydrogen (secondary N) is 3. The average Bonchev–Trinajstić information content (AvgIpc) is 2.99. The molecule has 0 radical (unpaired) electrons. The summed E-state index contributed by atoms with van der Waals surface area (Å²) in [6.07, 6.45) is 3.52. The number of rotatable bonds is 6. The molecule has 11 heteroatoms. The Morgan fingerprint density at radius 1 is 1.16 bits per heavy atom. The predicted octanol–water partition coefficient (Wildman–Crippen LogP) is 4.20. The zero-order chi connectivity index (χ0) is 22.6. The van der Waals surface area contributed by atoms with Crippen LogP contribution in [0.3, 0.4) is 0 Å². The van der Waals surface area contributed by atoms with Crippen LogP contribution >= 0.6 is 23.4 Å². The first kappa shape index (κ1) is 22.6. The summed E-state index contributed by atoms with van der Waals surface area (Å²) in [7, 11) is -3.77. The number of sulfonamides is 1. The van der Waals surface area contributed by atoms with Crippen LogP contribution < -0.4 is 10.0 Å². The van der Waals surface area contributed by atoms with Gasteiger partial charge >= 0.3 is 0 Å². The fourth-order valence-corrected chi connectivity index (χ4v) is 5.26. The first-order valence-electron chi connectivity index (χ1n) is 10.1. The van der Waals surface area contributed by atoms with E-state index in [1.807, 2.05) is 0 Å². The maximum atomic E-state index is 12.7. The summed E-state index contributed by atoms with van der Waals surface area (Å²) in [6.45, 7) is 0.629. The van der Waals surface area contributed by atoms with Crippen molar-refractivity contribution >= 4 is 61.8 Å². The number of nitrogens with zero attached hydrogens (tertiary/aromatic N) is 2. The van der Waals surface area contributed by atoms with Gasteiger partial charge in [-0.3, -0.25) is 14.5 Å². The molecular weight excluding hydrogens is 470 g/mol. The average molecular weight is 492 g/mol. The molecule has 1 amide bonds. The first-order chi connectivity index (χ1) is 15.4. The number of amidine groups is 1.